The molecule has 0 unspecified atom stereocenters. The van der Waals surface area contributed by atoms with Crippen molar-refractivity contribution in [1.29, 1.82) is 0 Å². The van der Waals surface area contributed by atoms with Gasteiger partial charge in [0.25, 0.3) is 0 Å². The predicted octanol–water partition coefficient (Wildman–Crippen LogP) is 1.87. The zero-order chi connectivity index (χ0) is 6.78. The second-order valence-electron chi connectivity index (χ2n) is 2.36. The number of allylic oxidation sites excluding steroid dienone is 1. The fraction of sp³-hybridized carbons (Fsp3) is 0.667. The minimum Gasteiger partial charge on any atom is -0.321 e. The number of halogens is 1. The Balaban J connectivity index is 4.03. The third-order valence-corrected chi connectivity index (χ3v) is 1.57. The molecule has 2 N–H and O–H groups in total. The van der Waals surface area contributed by atoms with Crippen molar-refractivity contribution in [2.75, 3.05) is 0 Å². The van der Waals surface area contributed by atoms with Crippen molar-refractivity contribution in [3.8, 4) is 0 Å². The normalized spacial score (nSPS) is 14.4. The SMILES string of the molecule is CC=C(Cl)C(C)(C)N. The summed E-state index contributed by atoms with van der Waals surface area (Å²) in [5, 5.41) is 0.706. The van der Waals surface area contributed by atoms with E-state index in [0.29, 0.717) is 5.03 Å². The monoisotopic (exact) mass is 133 g/mol. The molecule has 0 aromatic heterocycles. The van der Waals surface area contributed by atoms with Crippen molar-refractivity contribution in [2.24, 2.45) is 5.73 Å². The molecule has 0 aromatic carbocycles. The van der Waals surface area contributed by atoms with E-state index in [-0.39, 0.29) is 5.54 Å². The van der Waals surface area contributed by atoms with Crippen molar-refractivity contribution in [3.63, 3.8) is 0 Å². The lowest BCUT2D eigenvalue weighted by Crippen LogP contribution is -2.31. The number of nitrogens with two attached hydrogens (primary N) is 1. The van der Waals surface area contributed by atoms with E-state index in [4.69, 9.17) is 17.3 Å². The van der Waals surface area contributed by atoms with Gasteiger partial charge in [0.1, 0.15) is 0 Å². The summed E-state index contributed by atoms with van der Waals surface area (Å²) in [4.78, 5) is 0. The molecule has 0 rings (SSSR count). The summed E-state index contributed by atoms with van der Waals surface area (Å²) in [5.74, 6) is 0. The third-order valence-electron chi connectivity index (χ3n) is 0.869. The maximum atomic E-state index is 5.68. The van der Waals surface area contributed by atoms with Crippen LogP contribution in [0.3, 0.4) is 0 Å². The highest BCUT2D eigenvalue weighted by molar-refractivity contribution is 6.30. The molecule has 0 aliphatic rings. The first-order chi connectivity index (χ1) is 3.48. The Labute approximate surface area is 55.5 Å². The molecule has 0 aromatic rings. The maximum absolute atomic E-state index is 5.68. The fourth-order valence-electron chi connectivity index (χ4n) is 0.372. The van der Waals surface area contributed by atoms with Crippen LogP contribution in [0.4, 0.5) is 0 Å². The van der Waals surface area contributed by atoms with Crippen LogP contribution in [-0.2, 0) is 0 Å². The Kier molecular flexibility index (Phi) is 2.51. The van der Waals surface area contributed by atoms with Crippen molar-refractivity contribution in [2.45, 2.75) is 26.3 Å². The third kappa shape index (κ3) is 2.34. The van der Waals surface area contributed by atoms with Gasteiger partial charge in [0.15, 0.2) is 0 Å². The fourth-order valence-corrected chi connectivity index (χ4v) is 0.372. The van der Waals surface area contributed by atoms with Gasteiger partial charge in [-0.05, 0) is 20.8 Å². The van der Waals surface area contributed by atoms with Crippen molar-refractivity contribution in [3.05, 3.63) is 11.1 Å². The van der Waals surface area contributed by atoms with E-state index < -0.39 is 0 Å². The van der Waals surface area contributed by atoms with Crippen LogP contribution in [-0.4, -0.2) is 5.54 Å². The van der Waals surface area contributed by atoms with E-state index in [1.165, 1.54) is 0 Å². The Morgan fingerprint density at radius 1 is 1.62 bits per heavy atom. The van der Waals surface area contributed by atoms with Crippen molar-refractivity contribution >= 4 is 11.6 Å². The predicted molar refractivity (Wildman–Crippen MR) is 37.9 cm³/mol. The van der Waals surface area contributed by atoms with E-state index >= 15 is 0 Å². The molecule has 1 nitrogen and oxygen atoms in total. The summed E-state index contributed by atoms with van der Waals surface area (Å²) in [6, 6.07) is 0. The van der Waals surface area contributed by atoms with Crippen LogP contribution in [0.2, 0.25) is 0 Å². The quantitative estimate of drug-likeness (QED) is 0.581. The first-order valence-corrected chi connectivity index (χ1v) is 2.97. The van der Waals surface area contributed by atoms with E-state index in [0.717, 1.165) is 0 Å². The summed E-state index contributed by atoms with van der Waals surface area (Å²) in [6.45, 7) is 5.61. The standard InChI is InChI=1S/C6H12ClN/c1-4-5(7)6(2,3)8/h4H,8H2,1-3H3. The minimum absolute atomic E-state index is 0.365. The van der Waals surface area contributed by atoms with Crippen LogP contribution >= 0.6 is 11.6 Å². The smallest absolute Gasteiger partial charge is 0.0457 e. The average molecular weight is 134 g/mol. The van der Waals surface area contributed by atoms with Crippen LogP contribution < -0.4 is 5.73 Å². The number of rotatable bonds is 1. The molecular formula is C6H12ClN. The molecule has 0 amide bonds. The molecule has 0 atom stereocenters. The first kappa shape index (κ1) is 7.99. The lowest BCUT2D eigenvalue weighted by molar-refractivity contribution is 0.639. The van der Waals surface area contributed by atoms with Crippen LogP contribution in [0.5, 0.6) is 0 Å². The molecule has 0 aliphatic heterocycles. The lowest BCUT2D eigenvalue weighted by atomic mass is 10.1. The molecule has 0 saturated carbocycles. The highest BCUT2D eigenvalue weighted by Gasteiger charge is 2.12. The lowest BCUT2D eigenvalue weighted by Gasteiger charge is -2.16. The van der Waals surface area contributed by atoms with Crippen LogP contribution in [0.1, 0.15) is 20.8 Å². The molecule has 0 bridgehead atoms. The van der Waals surface area contributed by atoms with E-state index in [9.17, 15) is 0 Å². The van der Waals surface area contributed by atoms with Gasteiger partial charge in [-0.15, -0.1) is 0 Å². The van der Waals surface area contributed by atoms with Gasteiger partial charge >= 0.3 is 0 Å². The maximum Gasteiger partial charge on any atom is 0.0457 e. The summed E-state index contributed by atoms with van der Waals surface area (Å²) in [6.07, 6.45) is 1.81. The van der Waals surface area contributed by atoms with E-state index in [2.05, 4.69) is 0 Å². The summed E-state index contributed by atoms with van der Waals surface area (Å²) in [5.41, 5.74) is 5.22. The minimum atomic E-state index is -0.365. The molecule has 0 heterocycles. The largest absolute Gasteiger partial charge is 0.321 e. The molecule has 2 heteroatoms. The first-order valence-electron chi connectivity index (χ1n) is 2.59. The molecule has 48 valence electrons. The average Bonchev–Trinajstić information content (AvgIpc) is 1.62. The number of hydrogen-bond acceptors (Lipinski definition) is 1. The summed E-state index contributed by atoms with van der Waals surface area (Å²) < 4.78 is 0. The molecule has 0 fully saturated rings. The summed E-state index contributed by atoms with van der Waals surface area (Å²) in [7, 11) is 0. The topological polar surface area (TPSA) is 26.0 Å². The second kappa shape index (κ2) is 2.51. The van der Waals surface area contributed by atoms with Gasteiger partial charge in [0.2, 0.25) is 0 Å². The highest BCUT2D eigenvalue weighted by atomic mass is 35.5. The van der Waals surface area contributed by atoms with Gasteiger partial charge in [-0.2, -0.15) is 0 Å². The molecule has 0 aliphatic carbocycles. The van der Waals surface area contributed by atoms with Crippen molar-refractivity contribution in [1.82, 2.24) is 0 Å². The summed E-state index contributed by atoms with van der Waals surface area (Å²) >= 11 is 5.68. The van der Waals surface area contributed by atoms with Crippen molar-refractivity contribution < 1.29 is 0 Å². The zero-order valence-electron chi connectivity index (χ0n) is 5.53. The van der Waals surface area contributed by atoms with E-state index in [1.807, 2.05) is 26.8 Å². The molecule has 0 spiro atoms. The Hall–Kier alpha value is -0.0100. The highest BCUT2D eigenvalue weighted by Crippen LogP contribution is 2.15. The molecule has 8 heavy (non-hydrogen) atoms. The second-order valence-corrected chi connectivity index (χ2v) is 2.77. The Morgan fingerprint density at radius 3 is 2.00 bits per heavy atom. The van der Waals surface area contributed by atoms with Gasteiger partial charge < -0.3 is 5.73 Å². The van der Waals surface area contributed by atoms with Gasteiger partial charge in [-0.1, -0.05) is 17.7 Å². The number of hydrogen-bond donors (Lipinski definition) is 1. The van der Waals surface area contributed by atoms with Crippen LogP contribution in [0.15, 0.2) is 11.1 Å². The molecule has 0 radical (unpaired) electrons. The van der Waals surface area contributed by atoms with Gasteiger partial charge in [-0.25, -0.2) is 0 Å². The molecule has 0 saturated heterocycles. The van der Waals surface area contributed by atoms with Gasteiger partial charge in [0.05, 0.1) is 0 Å². The van der Waals surface area contributed by atoms with Gasteiger partial charge in [0, 0.05) is 10.6 Å². The zero-order valence-corrected chi connectivity index (χ0v) is 6.29. The molecular weight excluding hydrogens is 122 g/mol. The van der Waals surface area contributed by atoms with E-state index in [1.54, 1.807) is 0 Å². The van der Waals surface area contributed by atoms with Crippen LogP contribution in [0.25, 0.3) is 0 Å². The Morgan fingerprint density at radius 2 is 2.00 bits per heavy atom. The Bertz CT molecular complexity index is 99.6. The van der Waals surface area contributed by atoms with Crippen LogP contribution in [0, 0.1) is 0 Å². The van der Waals surface area contributed by atoms with Gasteiger partial charge in [-0.3, -0.25) is 0 Å².